The Morgan fingerprint density at radius 3 is 2.52 bits per heavy atom. The van der Waals surface area contributed by atoms with Crippen molar-refractivity contribution >= 4 is 23.2 Å². The summed E-state index contributed by atoms with van der Waals surface area (Å²) in [6, 6.07) is 2.73. The molecule has 2 saturated heterocycles. The van der Waals surface area contributed by atoms with Gasteiger partial charge in [0.05, 0.1) is 16.9 Å². The molecule has 25 heavy (non-hydrogen) atoms. The van der Waals surface area contributed by atoms with Gasteiger partial charge in [0.2, 0.25) is 11.8 Å². The molecule has 1 atom stereocenters. The largest absolute Gasteiger partial charge is 0.416 e. The van der Waals surface area contributed by atoms with Gasteiger partial charge in [0, 0.05) is 19.5 Å². The number of halogens is 3. The second-order valence-electron chi connectivity index (χ2n) is 6.43. The number of benzene rings is 1. The number of hydrogen-bond donors (Lipinski definition) is 2. The average Bonchev–Trinajstić information content (AvgIpc) is 3.01. The Kier molecular flexibility index (Phi) is 4.87. The maximum Gasteiger partial charge on any atom is 0.416 e. The van der Waals surface area contributed by atoms with Crippen LogP contribution in [0.3, 0.4) is 0 Å². The maximum absolute atomic E-state index is 13.0. The van der Waals surface area contributed by atoms with Crippen molar-refractivity contribution in [1.82, 2.24) is 5.32 Å². The number of nitrogens with one attached hydrogen (secondary N) is 2. The van der Waals surface area contributed by atoms with Crippen LogP contribution in [0.25, 0.3) is 0 Å². The Morgan fingerprint density at radius 1 is 1.20 bits per heavy atom. The van der Waals surface area contributed by atoms with Crippen LogP contribution < -0.4 is 15.5 Å². The molecule has 0 bridgehead atoms. The molecule has 0 aliphatic carbocycles. The van der Waals surface area contributed by atoms with Gasteiger partial charge in [0.1, 0.15) is 6.04 Å². The van der Waals surface area contributed by atoms with Crippen LogP contribution in [0.5, 0.6) is 0 Å². The summed E-state index contributed by atoms with van der Waals surface area (Å²) in [6.07, 6.45) is -0.864. The van der Waals surface area contributed by atoms with E-state index < -0.39 is 23.7 Å². The number of hydrogen-bond acceptors (Lipinski definition) is 3. The van der Waals surface area contributed by atoms with Gasteiger partial charge in [-0.3, -0.25) is 9.59 Å². The van der Waals surface area contributed by atoms with Crippen LogP contribution >= 0.6 is 0 Å². The maximum atomic E-state index is 13.0. The smallest absolute Gasteiger partial charge is 0.370 e. The Balaban J connectivity index is 1.87. The summed E-state index contributed by atoms with van der Waals surface area (Å²) in [6.45, 7) is 1.49. The second kappa shape index (κ2) is 6.93. The van der Waals surface area contributed by atoms with Crippen LogP contribution in [0, 0.1) is 0 Å². The topological polar surface area (TPSA) is 61.4 Å². The van der Waals surface area contributed by atoms with Gasteiger partial charge in [-0.25, -0.2) is 0 Å². The van der Waals surface area contributed by atoms with Gasteiger partial charge in [0.15, 0.2) is 0 Å². The lowest BCUT2D eigenvalue weighted by Crippen LogP contribution is -2.38. The minimum Gasteiger partial charge on any atom is -0.370 e. The van der Waals surface area contributed by atoms with Crippen molar-refractivity contribution in [2.45, 2.75) is 44.3 Å². The number of amides is 2. The highest BCUT2D eigenvalue weighted by Gasteiger charge is 2.33. The lowest BCUT2D eigenvalue weighted by molar-refractivity contribution is -0.137. The van der Waals surface area contributed by atoms with E-state index in [1.54, 1.807) is 0 Å². The minimum atomic E-state index is -4.48. The summed E-state index contributed by atoms with van der Waals surface area (Å²) in [7, 11) is 0. The van der Waals surface area contributed by atoms with E-state index in [-0.39, 0.29) is 18.0 Å². The summed E-state index contributed by atoms with van der Waals surface area (Å²) in [4.78, 5) is 25.6. The molecule has 5 nitrogen and oxygen atoms in total. The fraction of sp³-hybridized carbons (Fsp3) is 0.529. The average molecular weight is 355 g/mol. The van der Waals surface area contributed by atoms with E-state index in [1.807, 2.05) is 4.90 Å². The van der Waals surface area contributed by atoms with E-state index >= 15 is 0 Å². The molecule has 2 amide bonds. The first-order valence-electron chi connectivity index (χ1n) is 8.41. The molecule has 8 heteroatoms. The molecule has 0 aromatic heterocycles. The van der Waals surface area contributed by atoms with Crippen molar-refractivity contribution in [2.24, 2.45) is 0 Å². The lowest BCUT2D eigenvalue weighted by atomic mass is 10.1. The SMILES string of the molecule is O=C1CC[C@H](C(=O)Nc2cc(C(F)(F)F)ccc2N2CCCCC2)N1. The number of carbonyl (C=O) groups is 2. The standard InChI is InChI=1S/C17H20F3N3O2/c18-17(19,20)11-4-6-14(23-8-2-1-3-9-23)13(10-11)22-16(25)12-5-7-15(24)21-12/h4,6,10,12H,1-3,5,7-9H2,(H,21,24)(H,22,25)/t12-/m1/s1. The number of rotatable bonds is 3. The molecular formula is C17H20F3N3O2. The van der Waals surface area contributed by atoms with Crippen molar-refractivity contribution in [3.05, 3.63) is 23.8 Å². The van der Waals surface area contributed by atoms with Crippen molar-refractivity contribution in [3.63, 3.8) is 0 Å². The third-order valence-electron chi connectivity index (χ3n) is 4.59. The molecule has 2 N–H and O–H groups in total. The third kappa shape index (κ3) is 4.05. The molecule has 2 aliphatic rings. The Morgan fingerprint density at radius 2 is 1.92 bits per heavy atom. The summed E-state index contributed by atoms with van der Waals surface area (Å²) >= 11 is 0. The van der Waals surface area contributed by atoms with E-state index in [2.05, 4.69) is 10.6 Å². The van der Waals surface area contributed by atoms with Crippen LogP contribution in [0.1, 0.15) is 37.7 Å². The van der Waals surface area contributed by atoms with E-state index in [4.69, 9.17) is 0 Å². The van der Waals surface area contributed by atoms with E-state index in [0.717, 1.165) is 44.5 Å². The molecule has 2 aliphatic heterocycles. The lowest BCUT2D eigenvalue weighted by Gasteiger charge is -2.31. The molecule has 1 aromatic carbocycles. The zero-order valence-corrected chi connectivity index (χ0v) is 13.7. The van der Waals surface area contributed by atoms with Crippen LogP contribution in [-0.2, 0) is 15.8 Å². The Labute approximate surface area is 143 Å². The zero-order chi connectivity index (χ0) is 18.0. The zero-order valence-electron chi connectivity index (χ0n) is 13.7. The predicted molar refractivity (Wildman–Crippen MR) is 87.3 cm³/mol. The van der Waals surface area contributed by atoms with Gasteiger partial charge in [-0.05, 0) is 43.9 Å². The monoisotopic (exact) mass is 355 g/mol. The molecule has 3 rings (SSSR count). The van der Waals surface area contributed by atoms with Gasteiger partial charge >= 0.3 is 6.18 Å². The van der Waals surface area contributed by atoms with Crippen molar-refractivity contribution in [1.29, 1.82) is 0 Å². The third-order valence-corrected chi connectivity index (χ3v) is 4.59. The molecule has 2 heterocycles. The molecule has 1 aromatic rings. The number of piperidine rings is 1. The Hall–Kier alpha value is -2.25. The summed E-state index contributed by atoms with van der Waals surface area (Å²) in [5.74, 6) is -0.705. The summed E-state index contributed by atoms with van der Waals surface area (Å²) in [5.41, 5.74) is -0.0766. The summed E-state index contributed by atoms with van der Waals surface area (Å²) in [5, 5.41) is 5.12. The van der Waals surface area contributed by atoms with E-state index in [1.165, 1.54) is 6.07 Å². The van der Waals surface area contributed by atoms with Gasteiger partial charge in [-0.15, -0.1) is 0 Å². The minimum absolute atomic E-state index is 0.142. The van der Waals surface area contributed by atoms with Crippen molar-refractivity contribution in [2.75, 3.05) is 23.3 Å². The van der Waals surface area contributed by atoms with Crippen LogP contribution in [0.2, 0.25) is 0 Å². The Bertz CT molecular complexity index is 670. The predicted octanol–water partition coefficient (Wildman–Crippen LogP) is 2.91. The fourth-order valence-corrected chi connectivity index (χ4v) is 3.25. The molecular weight excluding hydrogens is 335 g/mol. The first-order chi connectivity index (χ1) is 11.8. The number of anilines is 2. The van der Waals surface area contributed by atoms with Crippen LogP contribution in [-0.4, -0.2) is 30.9 Å². The highest BCUT2D eigenvalue weighted by molar-refractivity contribution is 6.01. The number of alkyl halides is 3. The number of nitrogens with zero attached hydrogens (tertiary/aromatic N) is 1. The first kappa shape index (κ1) is 17.6. The fourth-order valence-electron chi connectivity index (χ4n) is 3.25. The highest BCUT2D eigenvalue weighted by atomic mass is 19.4. The van der Waals surface area contributed by atoms with Gasteiger partial charge in [-0.1, -0.05) is 0 Å². The van der Waals surface area contributed by atoms with Crippen molar-refractivity contribution in [3.8, 4) is 0 Å². The molecule has 136 valence electrons. The van der Waals surface area contributed by atoms with Gasteiger partial charge in [0.25, 0.3) is 0 Å². The quantitative estimate of drug-likeness (QED) is 0.876. The normalized spacial score (nSPS) is 21.2. The highest BCUT2D eigenvalue weighted by Crippen LogP contribution is 2.36. The van der Waals surface area contributed by atoms with Gasteiger partial charge in [-0.2, -0.15) is 13.2 Å². The molecule has 0 saturated carbocycles. The van der Waals surface area contributed by atoms with E-state index in [9.17, 15) is 22.8 Å². The molecule has 2 fully saturated rings. The number of carbonyl (C=O) groups excluding carboxylic acids is 2. The molecule has 0 unspecified atom stereocenters. The molecule has 0 spiro atoms. The van der Waals surface area contributed by atoms with E-state index in [0.29, 0.717) is 12.1 Å². The first-order valence-corrected chi connectivity index (χ1v) is 8.41. The second-order valence-corrected chi connectivity index (χ2v) is 6.43. The van der Waals surface area contributed by atoms with Crippen LogP contribution in [0.4, 0.5) is 24.5 Å². The van der Waals surface area contributed by atoms with Crippen molar-refractivity contribution < 1.29 is 22.8 Å². The van der Waals surface area contributed by atoms with Crippen LogP contribution in [0.15, 0.2) is 18.2 Å². The molecule has 0 radical (unpaired) electrons. The van der Waals surface area contributed by atoms with Gasteiger partial charge < -0.3 is 15.5 Å². The summed E-state index contributed by atoms with van der Waals surface area (Å²) < 4.78 is 39.1.